The molecule has 0 aliphatic carbocycles. The third-order valence-electron chi connectivity index (χ3n) is 2.78. The Hall–Kier alpha value is -1.99. The predicted molar refractivity (Wildman–Crippen MR) is 81.7 cm³/mol. The first-order chi connectivity index (χ1) is 10.0. The molecule has 2 N–H and O–H groups in total. The third-order valence-corrected chi connectivity index (χ3v) is 3.50. The number of halogens is 3. The number of tetrazole rings is 1. The van der Waals surface area contributed by atoms with E-state index in [0.717, 1.165) is 0 Å². The summed E-state index contributed by atoms with van der Waals surface area (Å²) < 4.78 is 16.0. The molecule has 0 spiro atoms. The van der Waals surface area contributed by atoms with Gasteiger partial charge in [0.05, 0.1) is 0 Å². The van der Waals surface area contributed by atoms with Gasteiger partial charge in [-0.25, -0.2) is 4.39 Å². The summed E-state index contributed by atoms with van der Waals surface area (Å²) in [5.41, 5.74) is 7.06. The molecular weight excluding hydrogens is 361 g/mol. The molecule has 3 aromatic rings. The Morgan fingerprint density at radius 1 is 1.19 bits per heavy atom. The zero-order valence-electron chi connectivity index (χ0n) is 10.5. The van der Waals surface area contributed by atoms with Crippen molar-refractivity contribution in [2.75, 3.05) is 5.73 Å². The van der Waals surface area contributed by atoms with Crippen molar-refractivity contribution < 1.29 is 4.39 Å². The van der Waals surface area contributed by atoms with Crippen LogP contribution in [0.3, 0.4) is 0 Å². The van der Waals surface area contributed by atoms with Crippen molar-refractivity contribution in [2.24, 2.45) is 0 Å². The average Bonchev–Trinajstić information content (AvgIpc) is 2.89. The fraction of sp³-hybridized carbons (Fsp3) is 0. The van der Waals surface area contributed by atoms with Crippen molar-refractivity contribution in [1.82, 2.24) is 20.2 Å². The van der Waals surface area contributed by atoms with Crippen molar-refractivity contribution >= 4 is 33.2 Å². The molecule has 21 heavy (non-hydrogen) atoms. The lowest BCUT2D eigenvalue weighted by Crippen LogP contribution is -2.03. The minimum atomic E-state index is -0.443. The molecule has 0 saturated heterocycles. The van der Waals surface area contributed by atoms with E-state index in [1.165, 1.54) is 10.7 Å². The van der Waals surface area contributed by atoms with E-state index in [4.69, 9.17) is 17.3 Å². The average molecular weight is 369 g/mol. The standard InChI is InChI=1S/C13H8BrClFN5/c14-8-1-2-11(16)12(5-8)21-13(18-19-20-21)7-3-9(15)6-10(17)4-7/h1-6H,17H2. The van der Waals surface area contributed by atoms with E-state index in [1.807, 2.05) is 0 Å². The van der Waals surface area contributed by atoms with Gasteiger partial charge in [0.1, 0.15) is 11.5 Å². The minimum Gasteiger partial charge on any atom is -0.399 e. The molecule has 3 rings (SSSR count). The van der Waals surface area contributed by atoms with Gasteiger partial charge in [-0.15, -0.1) is 5.10 Å². The molecule has 8 heteroatoms. The highest BCUT2D eigenvalue weighted by molar-refractivity contribution is 9.10. The maximum Gasteiger partial charge on any atom is 0.187 e. The van der Waals surface area contributed by atoms with Gasteiger partial charge in [-0.3, -0.25) is 0 Å². The monoisotopic (exact) mass is 367 g/mol. The lowest BCUT2D eigenvalue weighted by atomic mass is 10.2. The molecule has 0 atom stereocenters. The third kappa shape index (κ3) is 2.74. The smallest absolute Gasteiger partial charge is 0.187 e. The van der Waals surface area contributed by atoms with Gasteiger partial charge in [0, 0.05) is 20.7 Å². The molecule has 0 aliphatic heterocycles. The Labute approximate surface area is 132 Å². The number of nitrogens with two attached hydrogens (primary N) is 1. The van der Waals surface area contributed by atoms with Crippen molar-refractivity contribution in [3.8, 4) is 17.1 Å². The molecule has 0 fully saturated rings. The first-order valence-electron chi connectivity index (χ1n) is 5.85. The molecule has 0 radical (unpaired) electrons. The number of nitrogens with zero attached hydrogens (tertiary/aromatic N) is 4. The Balaban J connectivity index is 2.19. The van der Waals surface area contributed by atoms with Crippen LogP contribution in [-0.4, -0.2) is 20.2 Å². The number of hydrogen-bond acceptors (Lipinski definition) is 4. The Kier molecular flexibility index (Phi) is 3.60. The number of hydrogen-bond donors (Lipinski definition) is 1. The van der Waals surface area contributed by atoms with Crippen LogP contribution >= 0.6 is 27.5 Å². The number of nitrogen functional groups attached to an aromatic ring is 1. The van der Waals surface area contributed by atoms with Gasteiger partial charge in [-0.1, -0.05) is 27.5 Å². The number of anilines is 1. The second-order valence-corrected chi connectivity index (χ2v) is 5.64. The quantitative estimate of drug-likeness (QED) is 0.703. The van der Waals surface area contributed by atoms with Crippen molar-refractivity contribution in [2.45, 2.75) is 0 Å². The Morgan fingerprint density at radius 3 is 2.76 bits per heavy atom. The van der Waals surface area contributed by atoms with Gasteiger partial charge in [0.15, 0.2) is 5.82 Å². The molecule has 2 aromatic carbocycles. The van der Waals surface area contributed by atoms with Crippen LogP contribution in [0.2, 0.25) is 5.02 Å². The Morgan fingerprint density at radius 2 is 2.00 bits per heavy atom. The molecule has 0 saturated carbocycles. The fourth-order valence-corrected chi connectivity index (χ4v) is 2.51. The summed E-state index contributed by atoms with van der Waals surface area (Å²) in [6, 6.07) is 9.46. The first-order valence-corrected chi connectivity index (χ1v) is 7.02. The second-order valence-electron chi connectivity index (χ2n) is 4.28. The van der Waals surface area contributed by atoms with Crippen LogP contribution < -0.4 is 5.73 Å². The second kappa shape index (κ2) is 5.42. The van der Waals surface area contributed by atoms with Gasteiger partial charge in [-0.2, -0.15) is 4.68 Å². The van der Waals surface area contributed by atoms with Crippen LogP contribution in [0.5, 0.6) is 0 Å². The highest BCUT2D eigenvalue weighted by Gasteiger charge is 2.15. The zero-order valence-corrected chi connectivity index (χ0v) is 12.8. The van der Waals surface area contributed by atoms with Crippen LogP contribution in [0.15, 0.2) is 40.9 Å². The van der Waals surface area contributed by atoms with Crippen molar-refractivity contribution in [1.29, 1.82) is 0 Å². The van der Waals surface area contributed by atoms with Gasteiger partial charge in [0.25, 0.3) is 0 Å². The highest BCUT2D eigenvalue weighted by Crippen LogP contribution is 2.27. The maximum absolute atomic E-state index is 14.0. The van der Waals surface area contributed by atoms with Crippen LogP contribution in [0, 0.1) is 5.82 Å². The van der Waals surface area contributed by atoms with E-state index in [1.54, 1.807) is 30.3 Å². The molecule has 0 amide bonds. The van der Waals surface area contributed by atoms with E-state index in [-0.39, 0.29) is 5.69 Å². The summed E-state index contributed by atoms with van der Waals surface area (Å²) in [4.78, 5) is 0. The SMILES string of the molecule is Nc1cc(Cl)cc(-c2nnnn2-c2cc(Br)ccc2F)c1. The van der Waals surface area contributed by atoms with Crippen LogP contribution in [0.1, 0.15) is 0 Å². The summed E-state index contributed by atoms with van der Waals surface area (Å²) in [5.74, 6) is -0.0945. The van der Waals surface area contributed by atoms with E-state index < -0.39 is 5.82 Å². The lowest BCUT2D eigenvalue weighted by Gasteiger charge is -2.07. The van der Waals surface area contributed by atoms with E-state index >= 15 is 0 Å². The van der Waals surface area contributed by atoms with Crippen LogP contribution in [0.4, 0.5) is 10.1 Å². The molecule has 5 nitrogen and oxygen atoms in total. The van der Waals surface area contributed by atoms with Gasteiger partial charge >= 0.3 is 0 Å². The summed E-state index contributed by atoms with van der Waals surface area (Å²) in [6.45, 7) is 0. The maximum atomic E-state index is 14.0. The largest absolute Gasteiger partial charge is 0.399 e. The Bertz CT molecular complexity index is 800. The highest BCUT2D eigenvalue weighted by atomic mass is 79.9. The lowest BCUT2D eigenvalue weighted by molar-refractivity contribution is 0.607. The number of rotatable bonds is 2. The first kappa shape index (κ1) is 14.0. The normalized spacial score (nSPS) is 10.8. The molecule has 106 valence electrons. The van der Waals surface area contributed by atoms with Gasteiger partial charge in [-0.05, 0) is 46.8 Å². The van der Waals surface area contributed by atoms with E-state index in [9.17, 15) is 4.39 Å². The fourth-order valence-electron chi connectivity index (χ4n) is 1.92. The summed E-state index contributed by atoms with van der Waals surface area (Å²) in [5, 5.41) is 11.8. The minimum absolute atomic E-state index is 0.225. The van der Waals surface area contributed by atoms with E-state index in [2.05, 4.69) is 31.5 Å². The predicted octanol–water partition coefficient (Wildman–Crippen LogP) is 3.47. The zero-order chi connectivity index (χ0) is 15.0. The summed E-state index contributed by atoms with van der Waals surface area (Å²) >= 11 is 9.28. The van der Waals surface area contributed by atoms with Crippen LogP contribution in [0.25, 0.3) is 17.1 Å². The summed E-state index contributed by atoms with van der Waals surface area (Å²) in [6.07, 6.45) is 0. The molecule has 0 aliphatic rings. The molecular formula is C13H8BrClFN5. The van der Waals surface area contributed by atoms with Crippen molar-refractivity contribution in [3.63, 3.8) is 0 Å². The number of benzene rings is 2. The summed E-state index contributed by atoms with van der Waals surface area (Å²) in [7, 11) is 0. The molecule has 0 bridgehead atoms. The van der Waals surface area contributed by atoms with E-state index in [0.29, 0.717) is 26.6 Å². The molecule has 1 aromatic heterocycles. The molecule has 1 heterocycles. The topological polar surface area (TPSA) is 69.6 Å². The van der Waals surface area contributed by atoms with Crippen molar-refractivity contribution in [3.05, 3.63) is 51.7 Å². The molecule has 0 unspecified atom stereocenters. The van der Waals surface area contributed by atoms with Gasteiger partial charge < -0.3 is 5.73 Å². The van der Waals surface area contributed by atoms with Gasteiger partial charge in [0.2, 0.25) is 0 Å². The number of aromatic nitrogens is 4. The van der Waals surface area contributed by atoms with Crippen LogP contribution in [-0.2, 0) is 0 Å².